The number of halogens is 2. The number of hydrogen-bond acceptors (Lipinski definition) is 3. The average Bonchev–Trinajstić information content (AvgIpc) is 2.54. The number of nitrogens with one attached hydrogen (secondary N) is 1. The Morgan fingerprint density at radius 2 is 1.96 bits per heavy atom. The molecule has 1 amide bonds. The van der Waals surface area contributed by atoms with E-state index in [1.165, 1.54) is 12.1 Å². The van der Waals surface area contributed by atoms with Gasteiger partial charge in [0.2, 0.25) is 15.9 Å². The fourth-order valence-electron chi connectivity index (χ4n) is 2.62. The molecule has 0 aliphatic rings. The normalized spacial score (nSPS) is 12.5. The first-order chi connectivity index (χ1) is 12.1. The van der Waals surface area contributed by atoms with E-state index in [0.29, 0.717) is 5.69 Å². The number of hydrogen-bond donors (Lipinski definition) is 1. The first-order valence-corrected chi connectivity index (χ1v) is 10.2. The summed E-state index contributed by atoms with van der Waals surface area (Å²) in [4.78, 5) is 12.7. The minimum atomic E-state index is -3.71. The number of anilines is 2. The van der Waals surface area contributed by atoms with E-state index in [2.05, 4.69) is 5.32 Å². The van der Waals surface area contributed by atoms with Crippen molar-refractivity contribution in [2.75, 3.05) is 15.9 Å². The largest absolute Gasteiger partial charge is 0.324 e. The topological polar surface area (TPSA) is 66.5 Å². The fraction of sp³-hybridized carbons (Fsp3) is 0.278. The van der Waals surface area contributed by atoms with Crippen LogP contribution in [0.3, 0.4) is 0 Å². The summed E-state index contributed by atoms with van der Waals surface area (Å²) < 4.78 is 39.1. The highest BCUT2D eigenvalue weighted by Gasteiger charge is 2.31. The summed E-state index contributed by atoms with van der Waals surface area (Å²) in [5, 5.41) is 2.47. The number of rotatable bonds is 6. The molecule has 0 aliphatic carbocycles. The summed E-state index contributed by atoms with van der Waals surface area (Å²) in [5.74, 6) is -1.13. The molecule has 0 heterocycles. The SMILES string of the molecule is CC[C@H](C(=O)Nc1ccc(F)c(Cl)c1)N(c1cccc(C)c1)S(C)(=O)=O. The van der Waals surface area contributed by atoms with E-state index in [1.54, 1.807) is 25.1 Å². The standard InChI is InChI=1S/C18H20ClFN2O3S/c1-4-17(18(23)21-13-8-9-16(20)15(19)11-13)22(26(3,24)25)14-7-5-6-12(2)10-14/h5-11,17H,4H2,1-3H3,(H,21,23)/t17-/m1/s1. The maximum atomic E-state index is 13.3. The quantitative estimate of drug-likeness (QED) is 0.800. The number of amides is 1. The summed E-state index contributed by atoms with van der Waals surface area (Å²) in [6, 6.07) is 9.72. The Morgan fingerprint density at radius 1 is 1.27 bits per heavy atom. The lowest BCUT2D eigenvalue weighted by Gasteiger charge is -2.30. The molecule has 1 N–H and O–H groups in total. The Kier molecular flexibility index (Phi) is 6.26. The second-order valence-electron chi connectivity index (χ2n) is 5.94. The van der Waals surface area contributed by atoms with Crippen molar-refractivity contribution in [2.45, 2.75) is 26.3 Å². The smallest absolute Gasteiger partial charge is 0.248 e. The van der Waals surface area contributed by atoms with Crippen LogP contribution >= 0.6 is 11.6 Å². The minimum absolute atomic E-state index is 0.130. The zero-order valence-electron chi connectivity index (χ0n) is 14.7. The Hall–Kier alpha value is -2.12. The zero-order chi connectivity index (χ0) is 19.5. The molecule has 0 bridgehead atoms. The summed E-state index contributed by atoms with van der Waals surface area (Å²) in [6.45, 7) is 3.56. The van der Waals surface area contributed by atoms with Crippen LogP contribution < -0.4 is 9.62 Å². The molecule has 2 aromatic carbocycles. The summed E-state index contributed by atoms with van der Waals surface area (Å²) in [7, 11) is -3.71. The number of carbonyl (C=O) groups is 1. The minimum Gasteiger partial charge on any atom is -0.324 e. The predicted octanol–water partition coefficient (Wildman–Crippen LogP) is 3.97. The van der Waals surface area contributed by atoms with Gasteiger partial charge in [0.15, 0.2) is 0 Å². The molecule has 26 heavy (non-hydrogen) atoms. The van der Waals surface area contributed by atoms with Crippen molar-refractivity contribution >= 4 is 38.9 Å². The second kappa shape index (κ2) is 8.05. The van der Waals surface area contributed by atoms with Crippen LogP contribution in [0.5, 0.6) is 0 Å². The number of sulfonamides is 1. The lowest BCUT2D eigenvalue weighted by Crippen LogP contribution is -2.47. The van der Waals surface area contributed by atoms with Crippen molar-refractivity contribution in [2.24, 2.45) is 0 Å². The van der Waals surface area contributed by atoms with Crippen molar-refractivity contribution in [1.82, 2.24) is 0 Å². The van der Waals surface area contributed by atoms with Crippen LogP contribution in [0.4, 0.5) is 15.8 Å². The maximum absolute atomic E-state index is 13.3. The van der Waals surface area contributed by atoms with E-state index < -0.39 is 27.8 Å². The van der Waals surface area contributed by atoms with Gasteiger partial charge in [-0.3, -0.25) is 9.10 Å². The van der Waals surface area contributed by atoms with Gasteiger partial charge >= 0.3 is 0 Å². The summed E-state index contributed by atoms with van der Waals surface area (Å²) in [5.41, 5.74) is 1.57. The van der Waals surface area contributed by atoms with E-state index in [0.717, 1.165) is 22.2 Å². The van der Waals surface area contributed by atoms with Crippen LogP contribution in [-0.4, -0.2) is 26.6 Å². The van der Waals surface area contributed by atoms with Gasteiger partial charge in [-0.25, -0.2) is 12.8 Å². The van der Waals surface area contributed by atoms with E-state index in [-0.39, 0.29) is 17.1 Å². The molecule has 0 unspecified atom stereocenters. The molecule has 1 atom stereocenters. The van der Waals surface area contributed by atoms with Gasteiger partial charge < -0.3 is 5.32 Å². The molecule has 0 radical (unpaired) electrons. The molecule has 0 aromatic heterocycles. The Balaban J connectivity index is 2.38. The number of nitrogens with zero attached hydrogens (tertiary/aromatic N) is 1. The third-order valence-corrected chi connectivity index (χ3v) is 5.24. The molecular formula is C18H20ClFN2O3S. The van der Waals surface area contributed by atoms with Gasteiger partial charge in [-0.1, -0.05) is 30.7 Å². The van der Waals surface area contributed by atoms with E-state index in [9.17, 15) is 17.6 Å². The molecule has 2 aromatic rings. The van der Waals surface area contributed by atoms with Crippen LogP contribution in [0, 0.1) is 12.7 Å². The first-order valence-electron chi connectivity index (χ1n) is 7.95. The third kappa shape index (κ3) is 4.74. The van der Waals surface area contributed by atoms with Crippen molar-refractivity contribution in [3.8, 4) is 0 Å². The molecule has 0 saturated heterocycles. The lowest BCUT2D eigenvalue weighted by atomic mass is 10.1. The molecule has 2 rings (SSSR count). The summed E-state index contributed by atoms with van der Waals surface area (Å²) >= 11 is 5.73. The van der Waals surface area contributed by atoms with E-state index in [4.69, 9.17) is 11.6 Å². The third-order valence-electron chi connectivity index (χ3n) is 3.77. The van der Waals surface area contributed by atoms with Crippen LogP contribution in [0.2, 0.25) is 5.02 Å². The Labute approximate surface area is 157 Å². The van der Waals surface area contributed by atoms with Gasteiger partial charge in [0.25, 0.3) is 0 Å². The van der Waals surface area contributed by atoms with Gasteiger partial charge in [0, 0.05) is 5.69 Å². The fourth-order valence-corrected chi connectivity index (χ4v) is 4.01. The number of aryl methyl sites for hydroxylation is 1. The molecule has 0 fully saturated rings. The van der Waals surface area contributed by atoms with Crippen LogP contribution in [-0.2, 0) is 14.8 Å². The van der Waals surface area contributed by atoms with Gasteiger partial charge in [0.1, 0.15) is 11.9 Å². The maximum Gasteiger partial charge on any atom is 0.248 e. The predicted molar refractivity (Wildman–Crippen MR) is 103 cm³/mol. The highest BCUT2D eigenvalue weighted by Crippen LogP contribution is 2.25. The van der Waals surface area contributed by atoms with E-state index >= 15 is 0 Å². The van der Waals surface area contributed by atoms with Crippen LogP contribution in [0.1, 0.15) is 18.9 Å². The van der Waals surface area contributed by atoms with Gasteiger partial charge in [0.05, 0.1) is 17.0 Å². The zero-order valence-corrected chi connectivity index (χ0v) is 16.2. The Morgan fingerprint density at radius 3 is 2.50 bits per heavy atom. The van der Waals surface area contributed by atoms with Gasteiger partial charge in [-0.2, -0.15) is 0 Å². The molecule has 8 heteroatoms. The number of carbonyl (C=O) groups excluding carboxylic acids is 1. The van der Waals surface area contributed by atoms with Crippen LogP contribution in [0.25, 0.3) is 0 Å². The monoisotopic (exact) mass is 398 g/mol. The highest BCUT2D eigenvalue weighted by molar-refractivity contribution is 7.92. The lowest BCUT2D eigenvalue weighted by molar-refractivity contribution is -0.117. The first kappa shape index (κ1) is 20.2. The van der Waals surface area contributed by atoms with Crippen molar-refractivity contribution in [1.29, 1.82) is 0 Å². The highest BCUT2D eigenvalue weighted by atomic mass is 35.5. The molecule has 5 nitrogen and oxygen atoms in total. The average molecular weight is 399 g/mol. The molecule has 0 aliphatic heterocycles. The van der Waals surface area contributed by atoms with Crippen molar-refractivity contribution < 1.29 is 17.6 Å². The van der Waals surface area contributed by atoms with Gasteiger partial charge in [-0.05, 0) is 49.2 Å². The van der Waals surface area contributed by atoms with Crippen molar-refractivity contribution in [3.63, 3.8) is 0 Å². The van der Waals surface area contributed by atoms with Crippen molar-refractivity contribution in [3.05, 3.63) is 58.9 Å². The molecule has 0 saturated carbocycles. The van der Waals surface area contributed by atoms with Crippen LogP contribution in [0.15, 0.2) is 42.5 Å². The molecule has 0 spiro atoms. The van der Waals surface area contributed by atoms with E-state index in [1.807, 2.05) is 13.0 Å². The number of benzene rings is 2. The Bertz CT molecular complexity index is 918. The molecular weight excluding hydrogens is 379 g/mol. The molecule has 140 valence electrons. The summed E-state index contributed by atoms with van der Waals surface area (Å²) in [6.07, 6.45) is 1.31. The van der Waals surface area contributed by atoms with Gasteiger partial charge in [-0.15, -0.1) is 0 Å². The second-order valence-corrected chi connectivity index (χ2v) is 8.21.